The van der Waals surface area contributed by atoms with Crippen molar-refractivity contribution < 1.29 is 0 Å². The van der Waals surface area contributed by atoms with Gasteiger partial charge in [-0.3, -0.25) is 0 Å². The van der Waals surface area contributed by atoms with Crippen molar-refractivity contribution >= 4 is 41.3 Å². The smallest absolute Gasteiger partial charge is 0.0445 e. The summed E-state index contributed by atoms with van der Waals surface area (Å²) >= 11 is 0. The van der Waals surface area contributed by atoms with Gasteiger partial charge in [0.2, 0.25) is 0 Å². The molecule has 400 valence electrons. The first-order valence-electron chi connectivity index (χ1n) is 28.6. The molecule has 0 aromatic heterocycles. The van der Waals surface area contributed by atoms with Crippen molar-refractivity contribution in [2.24, 2.45) is 0 Å². The van der Waals surface area contributed by atoms with Crippen molar-refractivity contribution in [3.05, 3.63) is 318 Å². The molecule has 1 heteroatoms. The van der Waals surface area contributed by atoms with Gasteiger partial charge in [0.15, 0.2) is 0 Å². The molecule has 0 N–H and O–H groups in total. The van der Waals surface area contributed by atoms with E-state index in [1.807, 2.05) is 6.92 Å². The van der Waals surface area contributed by atoms with Crippen LogP contribution in [0.15, 0.2) is 273 Å². The van der Waals surface area contributed by atoms with Gasteiger partial charge in [-0.15, -0.1) is 6.58 Å². The van der Waals surface area contributed by atoms with E-state index in [4.69, 9.17) is 0 Å². The lowest BCUT2D eigenvalue weighted by atomic mass is 9.64. The number of anilines is 2. The van der Waals surface area contributed by atoms with Gasteiger partial charge in [0.05, 0.1) is 0 Å². The Hall–Kier alpha value is -8.26. The maximum absolute atomic E-state index is 3.36. The van der Waals surface area contributed by atoms with Crippen molar-refractivity contribution in [1.29, 1.82) is 0 Å². The monoisotopic (exact) mass is 1030 g/mol. The average Bonchev–Trinajstić information content (AvgIpc) is 4.31. The molecule has 1 atom stereocenters. The molecule has 9 rings (SSSR count). The second kappa shape index (κ2) is 29.5. The van der Waals surface area contributed by atoms with Crippen LogP contribution in [-0.4, -0.2) is 6.54 Å². The molecule has 6 aromatic rings. The van der Waals surface area contributed by atoms with Crippen LogP contribution in [0.3, 0.4) is 0 Å². The molecule has 0 aliphatic heterocycles. The van der Waals surface area contributed by atoms with E-state index in [9.17, 15) is 0 Å². The maximum Gasteiger partial charge on any atom is 0.0445 e. The number of hydrogen-bond donors (Lipinski definition) is 0. The van der Waals surface area contributed by atoms with E-state index >= 15 is 0 Å². The molecule has 3 aliphatic rings. The summed E-state index contributed by atoms with van der Waals surface area (Å²) in [6.45, 7) is 24.0. The zero-order valence-electron chi connectivity index (χ0n) is 48.1. The minimum Gasteiger partial charge on any atom is -0.338 e. The normalized spacial score (nSPS) is 17.6. The number of rotatable bonds is 16. The molecular weight excluding hydrogens is 951 g/mol. The summed E-state index contributed by atoms with van der Waals surface area (Å²) in [7, 11) is 0. The van der Waals surface area contributed by atoms with Crippen LogP contribution in [0.4, 0.5) is 11.4 Å². The quantitative estimate of drug-likeness (QED) is 0.0530. The lowest BCUT2D eigenvalue weighted by Crippen LogP contribution is -2.31. The molecule has 1 nitrogen and oxygen atoms in total. The van der Waals surface area contributed by atoms with Gasteiger partial charge in [0.1, 0.15) is 0 Å². The highest BCUT2D eigenvalue weighted by molar-refractivity contribution is 5.87. The topological polar surface area (TPSA) is 3.24 Å². The van der Waals surface area contributed by atoms with Crippen molar-refractivity contribution in [2.45, 2.75) is 97.3 Å². The van der Waals surface area contributed by atoms with Gasteiger partial charge in [0, 0.05) is 28.7 Å². The minimum absolute atomic E-state index is 0.138. The summed E-state index contributed by atoms with van der Waals surface area (Å²) in [4.78, 5) is 2.39. The predicted molar refractivity (Wildman–Crippen MR) is 351 cm³/mol. The molecule has 0 bridgehead atoms. The third-order valence-corrected chi connectivity index (χ3v) is 15.7. The fraction of sp³-hybridized carbons (Fsp3) is 0.205. The van der Waals surface area contributed by atoms with Crippen molar-refractivity contribution in [3.8, 4) is 11.1 Å². The third kappa shape index (κ3) is 14.1. The van der Waals surface area contributed by atoms with Crippen LogP contribution in [0.1, 0.15) is 125 Å². The van der Waals surface area contributed by atoms with Crippen LogP contribution >= 0.6 is 0 Å². The summed E-state index contributed by atoms with van der Waals surface area (Å²) in [5.74, 6) is 0. The van der Waals surface area contributed by atoms with Crippen LogP contribution in [0, 0.1) is 0 Å². The van der Waals surface area contributed by atoms with E-state index in [0.29, 0.717) is 0 Å². The molecule has 0 saturated heterocycles. The van der Waals surface area contributed by atoms with Crippen molar-refractivity contribution in [1.82, 2.24) is 0 Å². The Labute approximate surface area is 476 Å². The Morgan fingerprint density at radius 1 is 0.608 bits per heavy atom. The second-order valence-electron chi connectivity index (χ2n) is 20.6. The first-order valence-corrected chi connectivity index (χ1v) is 28.6. The van der Waals surface area contributed by atoms with Crippen LogP contribution in [0.5, 0.6) is 0 Å². The van der Waals surface area contributed by atoms with Gasteiger partial charge in [-0.1, -0.05) is 281 Å². The summed E-state index contributed by atoms with van der Waals surface area (Å²) < 4.78 is 0. The van der Waals surface area contributed by atoms with E-state index < -0.39 is 0 Å². The van der Waals surface area contributed by atoms with Gasteiger partial charge in [-0.05, 0) is 158 Å². The SMILES string of the molecule is C/C=C\C=C(/C)C1(C(/C=C\CC)=C/C)C/C=C\C=C/Cc2c(-c3ccc(/C=C/c4ccc(/C=C/c5ccc6c(c5)C5(CCCC5)C(C)=C6/C=C\CN(c5ccccc5)c5ccccc5)cc4)cc3)cccc21.C=CC.C=CC=C. The summed E-state index contributed by atoms with van der Waals surface area (Å²) in [5, 5.41) is 0. The van der Waals surface area contributed by atoms with E-state index in [-0.39, 0.29) is 10.8 Å². The standard InChI is InChI=1S/C71H71N.C4H6.C3H6/c1-6-9-25-54(4)71(61(8-3)26-10-7-2)51-20-12-11-19-31-66-65(32-23-34-68(66)71)60-46-43-58(44-47-60)40-39-56-35-37-57(38-36-56)41-42-59-45-48-67-64(55(5)70(69(67)53-59)49-21-22-50-70)33-24-52-72(62-27-15-13-16-28-62)63-29-17-14-18-30-63;1-3-4-2;1-3-2/h6,8-20,23-30,32-48,53H,7,21-22,31,49-52H2,1-5H3;3-4H,1-2H2;3H,1H2,2H3/b9-6-,19-11-,20-12-,26-10-,33-24-,40-39+,42-41+,54-25+,61-8+;;. The molecule has 1 fully saturated rings. The molecule has 1 saturated carbocycles. The fourth-order valence-electron chi connectivity index (χ4n) is 11.7. The van der Waals surface area contributed by atoms with E-state index in [1.54, 1.807) is 18.2 Å². The molecule has 3 aliphatic carbocycles. The summed E-state index contributed by atoms with van der Waals surface area (Å²) in [5.41, 5.74) is 20.9. The van der Waals surface area contributed by atoms with Gasteiger partial charge in [0.25, 0.3) is 0 Å². The van der Waals surface area contributed by atoms with Crippen molar-refractivity contribution in [3.63, 3.8) is 0 Å². The molecule has 79 heavy (non-hydrogen) atoms. The summed E-state index contributed by atoms with van der Waals surface area (Å²) in [6, 6.07) is 53.6. The number of para-hydroxylation sites is 2. The predicted octanol–water partition coefficient (Wildman–Crippen LogP) is 22.0. The number of benzene rings is 6. The van der Waals surface area contributed by atoms with E-state index in [2.05, 4.69) is 302 Å². The first kappa shape index (κ1) is 58.4. The Balaban J connectivity index is 0.00000122. The highest BCUT2D eigenvalue weighted by Gasteiger charge is 2.44. The maximum atomic E-state index is 3.36. The highest BCUT2D eigenvalue weighted by atomic mass is 15.1. The van der Waals surface area contributed by atoms with Gasteiger partial charge < -0.3 is 4.90 Å². The number of nitrogens with zero attached hydrogens (tertiary/aromatic N) is 1. The molecule has 0 amide bonds. The average molecular weight is 1030 g/mol. The second-order valence-corrected chi connectivity index (χ2v) is 20.6. The number of allylic oxidation sites excluding steroid dienone is 18. The molecule has 6 aromatic carbocycles. The largest absolute Gasteiger partial charge is 0.338 e. The fourth-order valence-corrected chi connectivity index (χ4v) is 11.7. The Bertz CT molecular complexity index is 3250. The summed E-state index contributed by atoms with van der Waals surface area (Å²) in [6.07, 6.45) is 49.3. The van der Waals surface area contributed by atoms with Gasteiger partial charge in [-0.25, -0.2) is 0 Å². The molecular formula is C78H83N. The Morgan fingerprint density at radius 3 is 1.75 bits per heavy atom. The zero-order chi connectivity index (χ0) is 55.9. The third-order valence-electron chi connectivity index (χ3n) is 15.7. The molecule has 0 radical (unpaired) electrons. The van der Waals surface area contributed by atoms with Crippen LogP contribution in [-0.2, 0) is 17.3 Å². The molecule has 0 heterocycles. The van der Waals surface area contributed by atoms with Gasteiger partial charge >= 0.3 is 0 Å². The number of hydrogen-bond acceptors (Lipinski definition) is 1. The van der Waals surface area contributed by atoms with Crippen LogP contribution < -0.4 is 4.90 Å². The van der Waals surface area contributed by atoms with E-state index in [0.717, 1.165) is 25.8 Å². The molecule has 1 spiro atoms. The van der Waals surface area contributed by atoms with E-state index in [1.165, 1.54) is 115 Å². The Morgan fingerprint density at radius 2 is 1.18 bits per heavy atom. The minimum atomic E-state index is -0.294. The first-order chi connectivity index (χ1) is 38.7. The van der Waals surface area contributed by atoms with Gasteiger partial charge in [-0.2, -0.15) is 0 Å². The number of fused-ring (bicyclic) bond motifs is 3. The highest BCUT2D eigenvalue weighted by Crippen LogP contribution is 2.56. The molecule has 1 unspecified atom stereocenters. The zero-order valence-corrected chi connectivity index (χ0v) is 48.1. The van der Waals surface area contributed by atoms with Crippen LogP contribution in [0.25, 0.3) is 41.0 Å². The van der Waals surface area contributed by atoms with Crippen molar-refractivity contribution in [2.75, 3.05) is 11.4 Å². The Kier molecular flexibility index (Phi) is 21.8. The lowest BCUT2D eigenvalue weighted by molar-refractivity contribution is 0.534. The lowest BCUT2D eigenvalue weighted by Gasteiger charge is -2.39. The van der Waals surface area contributed by atoms with Crippen LogP contribution in [0.2, 0.25) is 0 Å².